The van der Waals surface area contributed by atoms with E-state index in [4.69, 9.17) is 0 Å². The Morgan fingerprint density at radius 2 is 1.81 bits per heavy atom. The lowest BCUT2D eigenvalue weighted by Gasteiger charge is -2.30. The quantitative estimate of drug-likeness (QED) is 0.319. The normalized spacial score (nSPS) is 17.9. The second-order valence-corrected chi connectivity index (χ2v) is 11.1. The van der Waals surface area contributed by atoms with Crippen LogP contribution in [0.5, 0.6) is 0 Å². The predicted octanol–water partition coefficient (Wildman–Crippen LogP) is 9.22. The average molecular weight is 451 g/mol. The van der Waals surface area contributed by atoms with Crippen molar-refractivity contribution in [2.45, 2.75) is 61.3 Å². The molecule has 1 aliphatic rings. The number of benzene rings is 1. The summed E-state index contributed by atoms with van der Waals surface area (Å²) in [7, 11) is 0. The van der Waals surface area contributed by atoms with Crippen LogP contribution >= 0.6 is 24.4 Å². The lowest BCUT2D eigenvalue weighted by molar-refractivity contribution is 0.293. The molecule has 2 rings (SSSR count). The van der Waals surface area contributed by atoms with Crippen LogP contribution in [0.3, 0.4) is 0 Å². The van der Waals surface area contributed by atoms with Crippen LogP contribution in [0.1, 0.15) is 56.4 Å². The molecule has 1 atom stereocenters. The van der Waals surface area contributed by atoms with E-state index in [1.165, 1.54) is 38.3 Å². The first-order valence-electron chi connectivity index (χ1n) is 11.0. The van der Waals surface area contributed by atoms with Crippen LogP contribution in [-0.4, -0.2) is 0 Å². The third kappa shape index (κ3) is 7.47. The molecule has 0 saturated heterocycles. The fraction of sp³-hybridized carbons (Fsp3) is 0.379. The zero-order valence-corrected chi connectivity index (χ0v) is 22.0. The van der Waals surface area contributed by atoms with E-state index in [2.05, 4.69) is 104 Å². The van der Waals surface area contributed by atoms with E-state index < -0.39 is 0 Å². The molecule has 0 heterocycles. The van der Waals surface area contributed by atoms with Gasteiger partial charge in [-0.25, -0.2) is 0 Å². The number of thioether (sulfide) groups is 1. The van der Waals surface area contributed by atoms with Crippen LogP contribution in [0.2, 0.25) is 0 Å². The zero-order valence-electron chi connectivity index (χ0n) is 20.3. The van der Waals surface area contributed by atoms with Gasteiger partial charge >= 0.3 is 0 Å². The van der Waals surface area contributed by atoms with E-state index >= 15 is 0 Å². The Labute approximate surface area is 200 Å². The number of hydrogen-bond acceptors (Lipinski definition) is 2. The van der Waals surface area contributed by atoms with E-state index in [1.54, 1.807) is 17.2 Å². The molecule has 0 saturated carbocycles. The van der Waals surface area contributed by atoms with Gasteiger partial charge in [0.1, 0.15) is 0 Å². The van der Waals surface area contributed by atoms with Crippen LogP contribution in [0.4, 0.5) is 0 Å². The van der Waals surface area contributed by atoms with Crippen LogP contribution in [0, 0.1) is 32.1 Å². The second-order valence-electron chi connectivity index (χ2n) is 9.58. The highest BCUT2D eigenvalue weighted by Gasteiger charge is 2.23. The smallest absolute Gasteiger partial charge is 0.00469 e. The molecular formula is C29H38S2. The number of hydrogen-bond donors (Lipinski definition) is 1. The van der Waals surface area contributed by atoms with Gasteiger partial charge in [0, 0.05) is 11.3 Å². The average Bonchev–Trinajstić information content (AvgIpc) is 2.70. The second kappa shape index (κ2) is 11.3. The van der Waals surface area contributed by atoms with Crippen LogP contribution < -0.4 is 0 Å². The summed E-state index contributed by atoms with van der Waals surface area (Å²) in [5.74, 6) is 0.591. The summed E-state index contributed by atoms with van der Waals surface area (Å²) < 4.78 is 0. The number of allylic oxidation sites excluding steroid dienone is 9. The fourth-order valence-corrected chi connectivity index (χ4v) is 4.84. The molecule has 0 spiro atoms. The van der Waals surface area contributed by atoms with Gasteiger partial charge in [-0.15, -0.1) is 0 Å². The molecule has 31 heavy (non-hydrogen) atoms. The monoisotopic (exact) mass is 450 g/mol. The Morgan fingerprint density at radius 1 is 1.16 bits per heavy atom. The molecule has 0 aliphatic heterocycles. The highest BCUT2D eigenvalue weighted by atomic mass is 32.2. The molecule has 1 aromatic rings. The van der Waals surface area contributed by atoms with Crippen LogP contribution in [0.15, 0.2) is 81.5 Å². The summed E-state index contributed by atoms with van der Waals surface area (Å²) in [6, 6.07) is 4.66. The van der Waals surface area contributed by atoms with Gasteiger partial charge in [0.2, 0.25) is 0 Å². The first kappa shape index (κ1) is 25.6. The Morgan fingerprint density at radius 3 is 2.32 bits per heavy atom. The van der Waals surface area contributed by atoms with Crippen molar-refractivity contribution in [3.8, 4) is 0 Å². The molecule has 0 bridgehead atoms. The Hall–Kier alpha value is -1.64. The van der Waals surface area contributed by atoms with Gasteiger partial charge in [-0.3, -0.25) is 0 Å². The van der Waals surface area contributed by atoms with Gasteiger partial charge < -0.3 is 0 Å². The molecule has 0 fully saturated rings. The van der Waals surface area contributed by atoms with E-state index in [9.17, 15) is 0 Å². The minimum atomic E-state index is 0.296. The lowest BCUT2D eigenvalue weighted by Crippen LogP contribution is -2.19. The molecule has 0 nitrogen and oxygen atoms in total. The maximum absolute atomic E-state index is 4.27. The van der Waals surface area contributed by atoms with Crippen molar-refractivity contribution >= 4 is 24.4 Å². The standard InChI is InChI=1S/C29H38S2/c1-20-17-25(18-21(2)23(20)4)19-28(31-22(3)11-9-10-16-30)24(5)26-12-14-27(15-13-26)29(6,7)8/h9-14,16-18,27,30H,3,15,19H2,1-2,4-8H3/b11-9+,16-10-,28-24+. The third-order valence-electron chi connectivity index (χ3n) is 6.15. The summed E-state index contributed by atoms with van der Waals surface area (Å²) in [4.78, 5) is 2.39. The number of thiol groups is 1. The molecular weight excluding hydrogens is 412 g/mol. The molecule has 1 aliphatic carbocycles. The predicted molar refractivity (Wildman–Crippen MR) is 146 cm³/mol. The van der Waals surface area contributed by atoms with Crippen molar-refractivity contribution in [3.05, 3.63) is 104 Å². The zero-order chi connectivity index (χ0) is 23.2. The summed E-state index contributed by atoms with van der Waals surface area (Å²) in [6.07, 6.45) is 15.1. The third-order valence-corrected chi connectivity index (χ3v) is 7.42. The molecule has 1 aromatic carbocycles. The van der Waals surface area contributed by atoms with Crippen molar-refractivity contribution in [1.82, 2.24) is 0 Å². The lowest BCUT2D eigenvalue weighted by atomic mass is 9.76. The maximum atomic E-state index is 4.27. The summed E-state index contributed by atoms with van der Waals surface area (Å²) in [6.45, 7) is 20.1. The van der Waals surface area contributed by atoms with Crippen molar-refractivity contribution in [2.24, 2.45) is 11.3 Å². The van der Waals surface area contributed by atoms with Gasteiger partial charge in [-0.2, -0.15) is 12.6 Å². The van der Waals surface area contributed by atoms with Crippen LogP contribution in [0.25, 0.3) is 0 Å². The number of aryl methyl sites for hydroxylation is 2. The highest BCUT2D eigenvalue weighted by Crippen LogP contribution is 2.38. The van der Waals surface area contributed by atoms with Gasteiger partial charge in [0.25, 0.3) is 0 Å². The molecule has 0 N–H and O–H groups in total. The largest absolute Gasteiger partial charge is 0.151 e. The van der Waals surface area contributed by atoms with Gasteiger partial charge in [-0.1, -0.05) is 81.6 Å². The van der Waals surface area contributed by atoms with Crippen molar-refractivity contribution in [1.29, 1.82) is 0 Å². The minimum absolute atomic E-state index is 0.296. The first-order chi connectivity index (χ1) is 14.5. The van der Waals surface area contributed by atoms with Crippen LogP contribution in [-0.2, 0) is 6.42 Å². The Bertz CT molecular complexity index is 936. The molecule has 1 unspecified atom stereocenters. The van der Waals surface area contributed by atoms with Gasteiger partial charge in [-0.05, 0) is 95.2 Å². The molecule has 0 amide bonds. The van der Waals surface area contributed by atoms with E-state index in [-0.39, 0.29) is 0 Å². The first-order valence-corrected chi connectivity index (χ1v) is 12.4. The molecule has 0 aromatic heterocycles. The van der Waals surface area contributed by atoms with E-state index in [0.29, 0.717) is 11.3 Å². The Kier molecular flexibility index (Phi) is 9.33. The van der Waals surface area contributed by atoms with E-state index in [1.807, 2.05) is 12.2 Å². The van der Waals surface area contributed by atoms with Gasteiger partial charge in [0.15, 0.2) is 0 Å². The van der Waals surface area contributed by atoms with Gasteiger partial charge in [0.05, 0.1) is 0 Å². The maximum Gasteiger partial charge on any atom is 0.00469 e. The molecule has 2 heteroatoms. The fourth-order valence-electron chi connectivity index (χ4n) is 3.76. The highest BCUT2D eigenvalue weighted by molar-refractivity contribution is 8.06. The summed E-state index contributed by atoms with van der Waals surface area (Å²) in [5.41, 5.74) is 8.46. The van der Waals surface area contributed by atoms with Crippen molar-refractivity contribution < 1.29 is 0 Å². The summed E-state index contributed by atoms with van der Waals surface area (Å²) >= 11 is 5.90. The van der Waals surface area contributed by atoms with Crippen molar-refractivity contribution in [3.63, 3.8) is 0 Å². The number of rotatable bonds is 7. The van der Waals surface area contributed by atoms with E-state index in [0.717, 1.165) is 17.7 Å². The van der Waals surface area contributed by atoms with Crippen molar-refractivity contribution in [2.75, 3.05) is 0 Å². The SMILES string of the molecule is C=C(/C=C/C=C\S)S/C(Cc1cc(C)c(C)c(C)c1)=C(\C)C1=CCC(C(C)(C)C)C=C1. The Balaban J connectivity index is 2.38. The molecule has 0 radical (unpaired) electrons. The molecule has 166 valence electrons. The minimum Gasteiger partial charge on any atom is -0.151 e. The summed E-state index contributed by atoms with van der Waals surface area (Å²) in [5, 5.41) is 1.73. The topological polar surface area (TPSA) is 0 Å².